The van der Waals surface area contributed by atoms with Gasteiger partial charge in [0.25, 0.3) is 5.91 Å². The molecule has 0 aliphatic rings. The van der Waals surface area contributed by atoms with Crippen LogP contribution in [0.1, 0.15) is 26.3 Å². The Morgan fingerprint density at radius 3 is 2.04 bits per heavy atom. The van der Waals surface area contributed by atoms with Crippen LogP contribution in [0.5, 0.6) is 0 Å². The van der Waals surface area contributed by atoms with Gasteiger partial charge in [-0.05, 0) is 26.3 Å². The Kier molecular flexibility index (Phi) is 6.78. The van der Waals surface area contributed by atoms with Gasteiger partial charge in [0.15, 0.2) is 0 Å². The van der Waals surface area contributed by atoms with Gasteiger partial charge in [-0.15, -0.1) is 0 Å². The van der Waals surface area contributed by atoms with Crippen LogP contribution >= 0.6 is 0 Å². The molecule has 0 aliphatic heterocycles. The molecule has 0 N–H and O–H groups in total. The highest BCUT2D eigenvalue weighted by Crippen LogP contribution is 2.15. The number of rotatable bonds is 5. The van der Waals surface area contributed by atoms with Crippen LogP contribution in [-0.4, -0.2) is 66.8 Å². The normalized spacial score (nSPS) is 12.7. The molecule has 0 radical (unpaired) electrons. The van der Waals surface area contributed by atoms with Gasteiger partial charge >= 0.3 is 6.09 Å². The van der Waals surface area contributed by atoms with Crippen molar-refractivity contribution in [3.05, 3.63) is 35.9 Å². The number of hydrazine groups is 1. The van der Waals surface area contributed by atoms with Crippen molar-refractivity contribution in [2.45, 2.75) is 38.8 Å². The summed E-state index contributed by atoms with van der Waals surface area (Å²) in [6, 6.07) is 9.00. The summed E-state index contributed by atoms with van der Waals surface area (Å²) in [5, 5.41) is 3.18. The number of carbonyl (C=O) groups is 2. The van der Waals surface area contributed by atoms with Crippen LogP contribution in [0, 0.1) is 0 Å². The van der Waals surface area contributed by atoms with Crippen molar-refractivity contribution < 1.29 is 14.3 Å². The maximum Gasteiger partial charge on any atom is 0.410 e. The highest BCUT2D eigenvalue weighted by Gasteiger charge is 2.32. The van der Waals surface area contributed by atoms with Crippen molar-refractivity contribution in [2.75, 3.05) is 28.2 Å². The standard InChI is InChI=1S/C18H29N3O3/c1-18(2,3)24-17(23)20(6)15(16(22)21(7)19(4)5)13-14-11-9-8-10-12-14/h8-12,15H,13H2,1-7H3. The summed E-state index contributed by atoms with van der Waals surface area (Å²) in [6.45, 7) is 5.41. The van der Waals surface area contributed by atoms with E-state index in [1.54, 1.807) is 54.0 Å². The Balaban J connectivity index is 3.03. The zero-order chi connectivity index (χ0) is 18.5. The Labute approximate surface area is 144 Å². The maximum absolute atomic E-state index is 12.8. The Hall–Kier alpha value is -2.08. The monoisotopic (exact) mass is 335 g/mol. The summed E-state index contributed by atoms with van der Waals surface area (Å²) in [7, 11) is 6.85. The fourth-order valence-electron chi connectivity index (χ4n) is 2.10. The zero-order valence-electron chi connectivity index (χ0n) is 15.7. The molecule has 0 aromatic heterocycles. The number of likely N-dealkylation sites (N-methyl/N-ethyl adjacent to an activating group) is 2. The molecule has 0 aliphatic carbocycles. The molecule has 0 heterocycles. The topological polar surface area (TPSA) is 53.1 Å². The van der Waals surface area contributed by atoms with E-state index in [0.717, 1.165) is 5.56 Å². The Morgan fingerprint density at radius 1 is 1.04 bits per heavy atom. The van der Waals surface area contributed by atoms with Gasteiger partial charge in [-0.2, -0.15) is 0 Å². The largest absolute Gasteiger partial charge is 0.444 e. The minimum atomic E-state index is -0.644. The highest BCUT2D eigenvalue weighted by molar-refractivity contribution is 5.85. The van der Waals surface area contributed by atoms with E-state index in [1.165, 1.54) is 9.91 Å². The van der Waals surface area contributed by atoms with Crippen LogP contribution in [0.25, 0.3) is 0 Å². The molecule has 6 heteroatoms. The first-order valence-electron chi connectivity index (χ1n) is 7.97. The van der Waals surface area contributed by atoms with E-state index in [0.29, 0.717) is 6.42 Å². The molecule has 1 aromatic carbocycles. The third kappa shape index (κ3) is 5.85. The number of amides is 2. The van der Waals surface area contributed by atoms with E-state index >= 15 is 0 Å². The van der Waals surface area contributed by atoms with Crippen molar-refractivity contribution in [3.63, 3.8) is 0 Å². The molecule has 24 heavy (non-hydrogen) atoms. The maximum atomic E-state index is 12.8. The van der Waals surface area contributed by atoms with Crippen molar-refractivity contribution in [1.29, 1.82) is 0 Å². The molecule has 0 bridgehead atoms. The van der Waals surface area contributed by atoms with Gasteiger partial charge in [-0.3, -0.25) is 14.7 Å². The fourth-order valence-corrected chi connectivity index (χ4v) is 2.10. The molecule has 2 amide bonds. The summed E-state index contributed by atoms with van der Waals surface area (Å²) in [6.07, 6.45) is -0.0860. The van der Waals surface area contributed by atoms with Crippen LogP contribution in [0.4, 0.5) is 4.79 Å². The third-order valence-electron chi connectivity index (χ3n) is 3.62. The van der Waals surface area contributed by atoms with Gasteiger partial charge in [0.05, 0.1) is 0 Å². The molecule has 6 nitrogen and oxygen atoms in total. The number of hydrogen-bond acceptors (Lipinski definition) is 4. The lowest BCUT2D eigenvalue weighted by molar-refractivity contribution is -0.147. The number of carbonyl (C=O) groups excluding carboxylic acids is 2. The van der Waals surface area contributed by atoms with E-state index in [4.69, 9.17) is 4.74 Å². The number of benzene rings is 1. The SMILES string of the molecule is CN(C(=O)OC(C)(C)C)C(Cc1ccccc1)C(=O)N(C)N(C)C. The summed E-state index contributed by atoms with van der Waals surface area (Å²) in [5.41, 5.74) is 0.373. The average Bonchev–Trinajstić information content (AvgIpc) is 2.49. The molecule has 0 spiro atoms. The van der Waals surface area contributed by atoms with Crippen LogP contribution in [0.3, 0.4) is 0 Å². The zero-order valence-corrected chi connectivity index (χ0v) is 15.7. The number of nitrogens with zero attached hydrogens (tertiary/aromatic N) is 3. The van der Waals surface area contributed by atoms with E-state index < -0.39 is 17.7 Å². The lowest BCUT2D eigenvalue weighted by atomic mass is 10.0. The summed E-state index contributed by atoms with van der Waals surface area (Å²) < 4.78 is 5.41. The van der Waals surface area contributed by atoms with Crippen LogP contribution < -0.4 is 0 Å². The molecule has 0 saturated heterocycles. The van der Waals surface area contributed by atoms with Crippen LogP contribution in [0.15, 0.2) is 30.3 Å². The van der Waals surface area contributed by atoms with E-state index in [2.05, 4.69) is 0 Å². The molecular formula is C18H29N3O3. The third-order valence-corrected chi connectivity index (χ3v) is 3.62. The van der Waals surface area contributed by atoms with E-state index in [-0.39, 0.29) is 5.91 Å². The van der Waals surface area contributed by atoms with Gasteiger partial charge in [0.1, 0.15) is 11.6 Å². The molecule has 0 saturated carbocycles. The van der Waals surface area contributed by atoms with E-state index in [9.17, 15) is 9.59 Å². The Morgan fingerprint density at radius 2 is 1.58 bits per heavy atom. The lowest BCUT2D eigenvalue weighted by Gasteiger charge is -2.34. The second kappa shape index (κ2) is 8.15. The quantitative estimate of drug-likeness (QED) is 0.776. The van der Waals surface area contributed by atoms with Crippen molar-refractivity contribution in [3.8, 4) is 0 Å². The minimum Gasteiger partial charge on any atom is -0.444 e. The van der Waals surface area contributed by atoms with Gasteiger partial charge in [-0.1, -0.05) is 30.3 Å². The van der Waals surface area contributed by atoms with Gasteiger partial charge in [0, 0.05) is 34.6 Å². The Bertz CT molecular complexity index is 552. The van der Waals surface area contributed by atoms with Crippen molar-refractivity contribution in [2.24, 2.45) is 0 Å². The molecule has 1 atom stereocenters. The summed E-state index contributed by atoms with van der Waals surface area (Å²) in [5.74, 6) is -0.169. The molecule has 1 aromatic rings. The first-order chi connectivity index (χ1) is 11.0. The fraction of sp³-hybridized carbons (Fsp3) is 0.556. The predicted octanol–water partition coefficient (Wildman–Crippen LogP) is 2.40. The molecule has 134 valence electrons. The molecular weight excluding hydrogens is 306 g/mol. The lowest BCUT2D eigenvalue weighted by Crippen LogP contribution is -2.53. The molecule has 1 rings (SSSR count). The van der Waals surface area contributed by atoms with Gasteiger partial charge < -0.3 is 4.74 Å². The van der Waals surface area contributed by atoms with E-state index in [1.807, 2.05) is 30.3 Å². The number of hydrogen-bond donors (Lipinski definition) is 0. The second-order valence-corrected chi connectivity index (χ2v) is 7.01. The van der Waals surface area contributed by atoms with Crippen molar-refractivity contribution >= 4 is 12.0 Å². The first kappa shape index (κ1) is 20.0. The van der Waals surface area contributed by atoms with Crippen LogP contribution in [0.2, 0.25) is 0 Å². The minimum absolute atomic E-state index is 0.169. The summed E-state index contributed by atoms with van der Waals surface area (Å²) >= 11 is 0. The molecule has 0 fully saturated rings. The first-order valence-corrected chi connectivity index (χ1v) is 7.97. The predicted molar refractivity (Wildman–Crippen MR) is 94.4 cm³/mol. The molecule has 1 unspecified atom stereocenters. The summed E-state index contributed by atoms with van der Waals surface area (Å²) in [4.78, 5) is 26.6. The van der Waals surface area contributed by atoms with Gasteiger partial charge in [0.2, 0.25) is 0 Å². The second-order valence-electron chi connectivity index (χ2n) is 7.01. The van der Waals surface area contributed by atoms with Crippen LogP contribution in [-0.2, 0) is 16.0 Å². The highest BCUT2D eigenvalue weighted by atomic mass is 16.6. The smallest absolute Gasteiger partial charge is 0.410 e. The van der Waals surface area contributed by atoms with Crippen molar-refractivity contribution in [1.82, 2.24) is 14.9 Å². The van der Waals surface area contributed by atoms with Gasteiger partial charge in [-0.25, -0.2) is 9.80 Å². The number of ether oxygens (including phenoxy) is 1. The average molecular weight is 335 g/mol.